The quantitative estimate of drug-likeness (QED) is 0.665. The van der Waals surface area contributed by atoms with Crippen LogP contribution in [0.4, 0.5) is 10.1 Å². The van der Waals surface area contributed by atoms with Crippen molar-refractivity contribution < 1.29 is 14.0 Å². The van der Waals surface area contributed by atoms with Crippen LogP contribution in [0.1, 0.15) is 21.6 Å². The molecular formula is C15H11FN2O2. The van der Waals surface area contributed by atoms with Crippen molar-refractivity contribution >= 4 is 23.5 Å². The topological polar surface area (TPSA) is 62.0 Å². The molecule has 20 heavy (non-hydrogen) atoms. The monoisotopic (exact) mass is 270 g/mol. The molecule has 4 nitrogen and oxygen atoms in total. The van der Waals surface area contributed by atoms with Crippen molar-refractivity contribution in [2.45, 2.75) is 6.42 Å². The molecule has 1 aliphatic heterocycles. The molecule has 0 fully saturated rings. The van der Waals surface area contributed by atoms with E-state index in [1.54, 1.807) is 18.3 Å². The van der Waals surface area contributed by atoms with E-state index in [-0.39, 0.29) is 23.7 Å². The Morgan fingerprint density at radius 1 is 1.30 bits per heavy atom. The lowest BCUT2D eigenvalue weighted by molar-refractivity contribution is -0.115. The molecule has 1 aliphatic rings. The van der Waals surface area contributed by atoms with Crippen LogP contribution in [0.3, 0.4) is 0 Å². The van der Waals surface area contributed by atoms with E-state index >= 15 is 0 Å². The summed E-state index contributed by atoms with van der Waals surface area (Å²) >= 11 is 0. The summed E-state index contributed by atoms with van der Waals surface area (Å²) < 4.78 is 13.9. The van der Waals surface area contributed by atoms with E-state index in [4.69, 9.17) is 0 Å². The zero-order valence-electron chi connectivity index (χ0n) is 10.4. The van der Waals surface area contributed by atoms with Crippen molar-refractivity contribution in [3.63, 3.8) is 0 Å². The first kappa shape index (κ1) is 12.3. The van der Waals surface area contributed by atoms with Gasteiger partial charge in [0.05, 0.1) is 12.1 Å². The van der Waals surface area contributed by atoms with Gasteiger partial charge in [0, 0.05) is 17.4 Å². The number of halogens is 1. The van der Waals surface area contributed by atoms with Gasteiger partial charge in [-0.3, -0.25) is 9.59 Å². The van der Waals surface area contributed by atoms with Crippen LogP contribution in [0, 0.1) is 5.82 Å². The summed E-state index contributed by atoms with van der Waals surface area (Å²) in [6.07, 6.45) is 4.48. The number of rotatable bonds is 3. The minimum absolute atomic E-state index is 0.128. The molecule has 1 aromatic heterocycles. The highest BCUT2D eigenvalue weighted by molar-refractivity contribution is 6.06. The molecule has 0 aliphatic carbocycles. The molecule has 0 unspecified atom stereocenters. The third kappa shape index (κ3) is 2.14. The molecular weight excluding hydrogens is 259 g/mol. The Morgan fingerprint density at radius 3 is 2.90 bits per heavy atom. The van der Waals surface area contributed by atoms with E-state index < -0.39 is 5.82 Å². The van der Waals surface area contributed by atoms with Gasteiger partial charge in [-0.1, -0.05) is 0 Å². The zero-order chi connectivity index (χ0) is 14.1. The largest absolute Gasteiger partial charge is 0.359 e. The first-order chi connectivity index (χ1) is 9.65. The predicted octanol–water partition coefficient (Wildman–Crippen LogP) is 2.54. The maximum atomic E-state index is 13.9. The van der Waals surface area contributed by atoms with E-state index in [0.29, 0.717) is 16.9 Å². The van der Waals surface area contributed by atoms with E-state index in [2.05, 4.69) is 10.3 Å². The summed E-state index contributed by atoms with van der Waals surface area (Å²) in [4.78, 5) is 26.0. The summed E-state index contributed by atoms with van der Waals surface area (Å²) in [5.74, 6) is -0.865. The average Bonchev–Trinajstić information content (AvgIpc) is 3.05. The highest BCUT2D eigenvalue weighted by Gasteiger charge is 2.22. The molecule has 0 saturated heterocycles. The molecule has 3 rings (SSSR count). The second-order valence-corrected chi connectivity index (χ2v) is 4.49. The van der Waals surface area contributed by atoms with E-state index in [1.165, 1.54) is 24.3 Å². The molecule has 0 saturated carbocycles. The summed E-state index contributed by atoms with van der Waals surface area (Å²) in [7, 11) is 0. The van der Waals surface area contributed by atoms with Crippen LogP contribution >= 0.6 is 0 Å². The highest BCUT2D eigenvalue weighted by atomic mass is 19.1. The third-order valence-electron chi connectivity index (χ3n) is 3.18. The van der Waals surface area contributed by atoms with Crippen molar-refractivity contribution in [2.24, 2.45) is 0 Å². The lowest BCUT2D eigenvalue weighted by Gasteiger charge is -2.04. The van der Waals surface area contributed by atoms with Crippen LogP contribution in [-0.4, -0.2) is 16.7 Å². The molecule has 0 spiro atoms. The van der Waals surface area contributed by atoms with Crippen LogP contribution in [-0.2, 0) is 11.2 Å². The van der Waals surface area contributed by atoms with E-state index in [0.717, 1.165) is 0 Å². The van der Waals surface area contributed by atoms with Gasteiger partial charge in [0.25, 0.3) is 0 Å². The fraction of sp³-hybridized carbons (Fsp3) is 0.0667. The van der Waals surface area contributed by atoms with Crippen LogP contribution in [0.25, 0.3) is 6.08 Å². The van der Waals surface area contributed by atoms with Gasteiger partial charge in [-0.25, -0.2) is 4.39 Å². The first-order valence-corrected chi connectivity index (χ1v) is 6.12. The molecule has 100 valence electrons. The van der Waals surface area contributed by atoms with Gasteiger partial charge in [-0.15, -0.1) is 0 Å². The highest BCUT2D eigenvalue weighted by Crippen LogP contribution is 2.29. The number of hydrogen-bond acceptors (Lipinski definition) is 2. The summed E-state index contributed by atoms with van der Waals surface area (Å²) in [5, 5.41) is 2.65. The number of aromatic nitrogens is 1. The van der Waals surface area contributed by atoms with Gasteiger partial charge >= 0.3 is 0 Å². The summed E-state index contributed by atoms with van der Waals surface area (Å²) in [5.41, 5.74) is 1.90. The lowest BCUT2D eigenvalue weighted by Crippen LogP contribution is -2.03. The van der Waals surface area contributed by atoms with Crippen molar-refractivity contribution in [3.8, 4) is 0 Å². The molecule has 0 atom stereocenters. The van der Waals surface area contributed by atoms with Crippen molar-refractivity contribution in [3.05, 3.63) is 59.2 Å². The standard InChI is InChI=1S/C15H11FN2O2/c16-11-4-5-12-10(8-15(20)18-12)9(11)3-6-14(19)13-2-1-7-17-13/h1-7,17H,8H2,(H,18,20). The number of hydrogen-bond donors (Lipinski definition) is 2. The Bertz CT molecular complexity index is 718. The van der Waals surface area contributed by atoms with Crippen LogP contribution in [0.2, 0.25) is 0 Å². The number of amides is 1. The smallest absolute Gasteiger partial charge is 0.228 e. The number of fused-ring (bicyclic) bond motifs is 1. The van der Waals surface area contributed by atoms with Gasteiger partial charge in [0.2, 0.25) is 11.7 Å². The fourth-order valence-corrected chi connectivity index (χ4v) is 2.21. The van der Waals surface area contributed by atoms with Crippen LogP contribution in [0.15, 0.2) is 36.5 Å². The Kier molecular flexibility index (Phi) is 2.95. The molecule has 2 heterocycles. The number of carbonyl (C=O) groups is 2. The number of ketones is 1. The van der Waals surface area contributed by atoms with Gasteiger partial charge in [-0.2, -0.15) is 0 Å². The van der Waals surface area contributed by atoms with Gasteiger partial charge in [0.1, 0.15) is 5.82 Å². The number of aromatic amines is 1. The summed E-state index contributed by atoms with van der Waals surface area (Å²) in [6, 6.07) is 6.16. The van der Waals surface area contributed by atoms with E-state index in [9.17, 15) is 14.0 Å². The minimum Gasteiger partial charge on any atom is -0.359 e. The third-order valence-corrected chi connectivity index (χ3v) is 3.18. The second-order valence-electron chi connectivity index (χ2n) is 4.49. The number of H-pyrrole nitrogens is 1. The minimum atomic E-state index is -0.448. The maximum absolute atomic E-state index is 13.9. The van der Waals surface area contributed by atoms with Gasteiger partial charge in [-0.05, 0) is 42.0 Å². The van der Waals surface area contributed by atoms with Crippen LogP contribution in [0.5, 0.6) is 0 Å². The SMILES string of the molecule is O=C1Cc2c(ccc(F)c2C=CC(=O)c2ccc[nH]2)N1. The molecule has 0 radical (unpaired) electrons. The molecule has 1 aromatic carbocycles. The summed E-state index contributed by atoms with van der Waals surface area (Å²) in [6.45, 7) is 0. The Labute approximate surface area is 114 Å². The second kappa shape index (κ2) is 4.77. The number of anilines is 1. The number of allylic oxidation sites excluding steroid dienone is 1. The van der Waals surface area contributed by atoms with Crippen molar-refractivity contribution in [1.29, 1.82) is 0 Å². The Morgan fingerprint density at radius 2 is 2.15 bits per heavy atom. The zero-order valence-corrected chi connectivity index (χ0v) is 10.4. The van der Waals surface area contributed by atoms with E-state index in [1.807, 2.05) is 0 Å². The Hall–Kier alpha value is -2.69. The molecule has 2 N–H and O–H groups in total. The number of nitrogens with one attached hydrogen (secondary N) is 2. The molecule has 2 aromatic rings. The van der Waals surface area contributed by atoms with Crippen molar-refractivity contribution in [1.82, 2.24) is 4.98 Å². The first-order valence-electron chi connectivity index (χ1n) is 6.12. The maximum Gasteiger partial charge on any atom is 0.228 e. The van der Waals surface area contributed by atoms with Crippen LogP contribution < -0.4 is 5.32 Å². The fourth-order valence-electron chi connectivity index (χ4n) is 2.21. The Balaban J connectivity index is 1.94. The molecule has 5 heteroatoms. The average molecular weight is 270 g/mol. The number of benzene rings is 1. The van der Waals surface area contributed by atoms with Gasteiger partial charge < -0.3 is 10.3 Å². The lowest BCUT2D eigenvalue weighted by atomic mass is 10.0. The normalized spacial score (nSPS) is 13.6. The predicted molar refractivity (Wildman–Crippen MR) is 72.9 cm³/mol. The van der Waals surface area contributed by atoms with Gasteiger partial charge in [0.15, 0.2) is 0 Å². The number of carbonyl (C=O) groups excluding carboxylic acids is 2. The molecule has 0 bridgehead atoms. The van der Waals surface area contributed by atoms with Crippen molar-refractivity contribution in [2.75, 3.05) is 5.32 Å². The molecule has 1 amide bonds.